The van der Waals surface area contributed by atoms with Crippen molar-refractivity contribution in [3.8, 4) is 5.75 Å². The van der Waals surface area contributed by atoms with E-state index in [1.54, 1.807) is 0 Å². The minimum atomic E-state index is -5.50. The summed E-state index contributed by atoms with van der Waals surface area (Å²) < 4.78 is 66.1. The summed E-state index contributed by atoms with van der Waals surface area (Å²) in [5, 5.41) is 0. The summed E-state index contributed by atoms with van der Waals surface area (Å²) >= 11 is 0. The normalized spacial score (nSPS) is 12.2. The van der Waals surface area contributed by atoms with Gasteiger partial charge in [0, 0.05) is 24.1 Å². The van der Waals surface area contributed by atoms with E-state index in [0.29, 0.717) is 6.42 Å². The van der Waals surface area contributed by atoms with Gasteiger partial charge in [-0.25, -0.2) is 13.1 Å². The number of benzene rings is 1. The Bertz CT molecular complexity index is 672. The number of rotatable bonds is 9. The van der Waals surface area contributed by atoms with E-state index in [9.17, 15) is 26.4 Å². The van der Waals surface area contributed by atoms with E-state index in [-0.39, 0.29) is 29.1 Å². The quantitative estimate of drug-likeness (QED) is 0.536. The third-order valence-corrected chi connectivity index (χ3v) is 4.54. The largest absolute Gasteiger partial charge is 0.511 e. The average Bonchev–Trinajstić information content (AvgIpc) is 2.51. The van der Waals surface area contributed by atoms with E-state index in [2.05, 4.69) is 0 Å². The van der Waals surface area contributed by atoms with Gasteiger partial charge in [-0.2, -0.15) is 13.2 Å². The SMILES string of the molecule is CCCCCC(=O)c1cccc(OC)c1CNS(=O)(=O)C(F)(F)F. The van der Waals surface area contributed by atoms with Crippen LogP contribution in [0.2, 0.25) is 0 Å². The number of methoxy groups -OCH3 is 1. The maximum absolute atomic E-state index is 12.4. The molecular formula is C15H20F3NO4S. The number of ketones is 1. The number of nitrogens with one attached hydrogen (secondary N) is 1. The van der Waals surface area contributed by atoms with Crippen molar-refractivity contribution in [2.45, 2.75) is 44.7 Å². The van der Waals surface area contributed by atoms with Gasteiger partial charge in [-0.3, -0.25) is 4.79 Å². The average molecular weight is 367 g/mol. The molecule has 0 heterocycles. The molecule has 1 aromatic carbocycles. The lowest BCUT2D eigenvalue weighted by Gasteiger charge is -2.15. The van der Waals surface area contributed by atoms with Crippen LogP contribution in [0.15, 0.2) is 18.2 Å². The van der Waals surface area contributed by atoms with Crippen molar-refractivity contribution in [3.63, 3.8) is 0 Å². The monoisotopic (exact) mass is 367 g/mol. The first-order valence-corrected chi connectivity index (χ1v) is 8.87. The van der Waals surface area contributed by atoms with Gasteiger partial charge in [-0.15, -0.1) is 0 Å². The molecule has 9 heteroatoms. The zero-order valence-corrected chi connectivity index (χ0v) is 14.3. The Hall–Kier alpha value is -1.61. The molecule has 5 nitrogen and oxygen atoms in total. The minimum Gasteiger partial charge on any atom is -0.496 e. The summed E-state index contributed by atoms with van der Waals surface area (Å²) in [5.74, 6) is -0.107. The molecule has 0 aliphatic heterocycles. The molecule has 0 fully saturated rings. The number of carbonyl (C=O) groups excluding carboxylic acids is 1. The Balaban J connectivity index is 3.06. The van der Waals surface area contributed by atoms with Gasteiger partial charge >= 0.3 is 15.5 Å². The van der Waals surface area contributed by atoms with Crippen LogP contribution >= 0.6 is 0 Å². The Morgan fingerprint density at radius 1 is 1.25 bits per heavy atom. The zero-order valence-electron chi connectivity index (χ0n) is 13.4. The number of carbonyl (C=O) groups is 1. The summed E-state index contributed by atoms with van der Waals surface area (Å²) in [7, 11) is -4.21. The van der Waals surface area contributed by atoms with Gasteiger partial charge in [0.2, 0.25) is 0 Å². The van der Waals surface area contributed by atoms with Crippen LogP contribution in [-0.2, 0) is 16.6 Å². The Labute approximate surface area is 139 Å². The van der Waals surface area contributed by atoms with Crippen LogP contribution in [-0.4, -0.2) is 26.8 Å². The smallest absolute Gasteiger partial charge is 0.496 e. The van der Waals surface area contributed by atoms with Gasteiger partial charge < -0.3 is 4.74 Å². The summed E-state index contributed by atoms with van der Waals surface area (Å²) in [6.07, 6.45) is 2.66. The minimum absolute atomic E-state index is 0.0920. The van der Waals surface area contributed by atoms with Gasteiger partial charge in [0.05, 0.1) is 7.11 Å². The molecule has 0 bridgehead atoms. The molecule has 24 heavy (non-hydrogen) atoms. The summed E-state index contributed by atoms with van der Waals surface area (Å²) in [4.78, 5) is 12.3. The predicted octanol–water partition coefficient (Wildman–Crippen LogP) is 3.40. The molecular weight excluding hydrogens is 347 g/mol. The van der Waals surface area contributed by atoms with Crippen molar-refractivity contribution < 1.29 is 31.1 Å². The Morgan fingerprint density at radius 2 is 1.92 bits per heavy atom. The van der Waals surface area contributed by atoms with Crippen molar-refractivity contribution in [2.75, 3.05) is 7.11 Å². The van der Waals surface area contributed by atoms with Crippen LogP contribution in [0.3, 0.4) is 0 Å². The van der Waals surface area contributed by atoms with Crippen molar-refractivity contribution >= 4 is 15.8 Å². The first-order chi connectivity index (χ1) is 11.1. The molecule has 0 saturated heterocycles. The van der Waals surface area contributed by atoms with E-state index in [1.807, 2.05) is 6.92 Å². The fourth-order valence-corrected chi connectivity index (χ4v) is 2.62. The standard InChI is InChI=1S/C15H20F3NO4S/c1-3-4-5-8-13(20)11-7-6-9-14(23-2)12(11)10-19-24(21,22)15(16,17)18/h6-7,9,19H,3-5,8,10H2,1-2H3. The molecule has 0 saturated carbocycles. The molecule has 0 aliphatic carbocycles. The van der Waals surface area contributed by atoms with E-state index in [4.69, 9.17) is 4.74 Å². The van der Waals surface area contributed by atoms with E-state index in [0.717, 1.165) is 12.8 Å². The second-order valence-corrected chi connectivity index (χ2v) is 6.90. The van der Waals surface area contributed by atoms with Crippen LogP contribution in [0.25, 0.3) is 0 Å². The summed E-state index contributed by atoms with van der Waals surface area (Å²) in [6, 6.07) is 4.45. The Kier molecular flexibility index (Phi) is 7.22. The molecule has 1 N–H and O–H groups in total. The predicted molar refractivity (Wildman–Crippen MR) is 83.3 cm³/mol. The molecule has 136 valence electrons. The van der Waals surface area contributed by atoms with Crippen LogP contribution < -0.4 is 9.46 Å². The Morgan fingerprint density at radius 3 is 2.46 bits per heavy atom. The second-order valence-electron chi connectivity index (χ2n) is 5.14. The first-order valence-electron chi connectivity index (χ1n) is 7.39. The number of halogens is 3. The van der Waals surface area contributed by atoms with E-state index in [1.165, 1.54) is 30.0 Å². The fourth-order valence-electron chi connectivity index (χ4n) is 2.12. The molecule has 0 radical (unpaired) electrons. The lowest BCUT2D eigenvalue weighted by molar-refractivity contribution is -0.0448. The highest BCUT2D eigenvalue weighted by molar-refractivity contribution is 7.90. The molecule has 1 aromatic rings. The number of sulfonamides is 1. The number of hydrogen-bond donors (Lipinski definition) is 1. The van der Waals surface area contributed by atoms with Gasteiger partial charge in [0.1, 0.15) is 5.75 Å². The third-order valence-electron chi connectivity index (χ3n) is 3.40. The molecule has 0 spiro atoms. The lowest BCUT2D eigenvalue weighted by atomic mass is 9.99. The molecule has 0 aliphatic rings. The fraction of sp³-hybridized carbons (Fsp3) is 0.533. The second kappa shape index (κ2) is 8.48. The van der Waals surface area contributed by atoms with Crippen molar-refractivity contribution in [3.05, 3.63) is 29.3 Å². The van der Waals surface area contributed by atoms with Crippen LogP contribution in [0, 0.1) is 0 Å². The van der Waals surface area contributed by atoms with E-state index >= 15 is 0 Å². The molecule has 0 atom stereocenters. The zero-order chi connectivity index (χ0) is 18.4. The van der Waals surface area contributed by atoms with Gasteiger partial charge in [0.15, 0.2) is 5.78 Å². The number of Topliss-reactive ketones (excluding diaryl/α,β-unsaturated/α-hetero) is 1. The van der Waals surface area contributed by atoms with E-state index < -0.39 is 22.1 Å². The van der Waals surface area contributed by atoms with Crippen molar-refractivity contribution in [2.24, 2.45) is 0 Å². The van der Waals surface area contributed by atoms with Crippen molar-refractivity contribution in [1.82, 2.24) is 4.72 Å². The topological polar surface area (TPSA) is 72.5 Å². The third kappa shape index (κ3) is 5.20. The highest BCUT2D eigenvalue weighted by Crippen LogP contribution is 2.26. The van der Waals surface area contributed by atoms with Crippen molar-refractivity contribution in [1.29, 1.82) is 0 Å². The highest BCUT2D eigenvalue weighted by Gasteiger charge is 2.45. The number of hydrogen-bond acceptors (Lipinski definition) is 4. The van der Waals surface area contributed by atoms with Crippen LogP contribution in [0.5, 0.6) is 5.75 Å². The summed E-state index contributed by atoms with van der Waals surface area (Å²) in [5.41, 5.74) is -5.16. The van der Waals surface area contributed by atoms with Crippen LogP contribution in [0.4, 0.5) is 13.2 Å². The first kappa shape index (κ1) is 20.4. The maximum Gasteiger partial charge on any atom is 0.511 e. The molecule has 0 amide bonds. The van der Waals surface area contributed by atoms with Gasteiger partial charge in [-0.05, 0) is 12.5 Å². The number of unbranched alkanes of at least 4 members (excludes halogenated alkanes) is 2. The summed E-state index contributed by atoms with van der Waals surface area (Å²) in [6.45, 7) is 1.30. The number of ether oxygens (including phenoxy) is 1. The lowest BCUT2D eigenvalue weighted by Crippen LogP contribution is -2.36. The highest BCUT2D eigenvalue weighted by atomic mass is 32.2. The number of alkyl halides is 3. The van der Waals surface area contributed by atoms with Gasteiger partial charge in [0.25, 0.3) is 0 Å². The molecule has 1 rings (SSSR count). The maximum atomic E-state index is 12.4. The molecule has 0 unspecified atom stereocenters. The molecule has 0 aromatic heterocycles. The van der Waals surface area contributed by atoms with Gasteiger partial charge in [-0.1, -0.05) is 31.9 Å². The van der Waals surface area contributed by atoms with Crippen LogP contribution in [0.1, 0.15) is 48.5 Å².